The summed E-state index contributed by atoms with van der Waals surface area (Å²) < 4.78 is 0. The zero-order valence-electron chi connectivity index (χ0n) is 7.09. The first-order valence-corrected chi connectivity index (χ1v) is 4.11. The highest BCUT2D eigenvalue weighted by Gasteiger charge is 2.04. The van der Waals surface area contributed by atoms with E-state index in [0.29, 0.717) is 0 Å². The van der Waals surface area contributed by atoms with Gasteiger partial charge in [0.25, 0.3) is 0 Å². The lowest BCUT2D eigenvalue weighted by Gasteiger charge is -2.06. The first-order chi connectivity index (χ1) is 5.88. The van der Waals surface area contributed by atoms with E-state index in [2.05, 4.69) is 35.8 Å². The Morgan fingerprint density at radius 3 is 3.00 bits per heavy atom. The number of para-hydroxylation sites is 1. The van der Waals surface area contributed by atoms with E-state index in [4.69, 9.17) is 0 Å². The van der Waals surface area contributed by atoms with Gasteiger partial charge >= 0.3 is 0 Å². The Morgan fingerprint density at radius 2 is 2.08 bits per heavy atom. The normalized spacial score (nSPS) is 14.9. The van der Waals surface area contributed by atoms with Crippen molar-refractivity contribution in [1.29, 1.82) is 0 Å². The predicted octanol–water partition coefficient (Wildman–Crippen LogP) is 2.02. The van der Waals surface area contributed by atoms with E-state index >= 15 is 0 Å². The van der Waals surface area contributed by atoms with Gasteiger partial charge in [0.1, 0.15) is 0 Å². The van der Waals surface area contributed by atoms with Gasteiger partial charge in [0.15, 0.2) is 0 Å². The Bertz CT molecular complexity index is 315. The topological polar surface area (TPSA) is 24.1 Å². The van der Waals surface area contributed by atoms with E-state index in [1.54, 1.807) is 0 Å². The van der Waals surface area contributed by atoms with Gasteiger partial charge in [-0.3, -0.25) is 0 Å². The molecule has 1 aromatic rings. The van der Waals surface area contributed by atoms with Crippen LogP contribution in [0.3, 0.4) is 0 Å². The first kappa shape index (κ1) is 7.22. The van der Waals surface area contributed by atoms with E-state index < -0.39 is 0 Å². The molecule has 0 spiro atoms. The van der Waals surface area contributed by atoms with Crippen molar-refractivity contribution in [3.8, 4) is 0 Å². The van der Waals surface area contributed by atoms with Crippen molar-refractivity contribution in [3.63, 3.8) is 0 Å². The summed E-state index contributed by atoms with van der Waals surface area (Å²) in [6.45, 7) is 2.91. The lowest BCUT2D eigenvalue weighted by molar-refractivity contribution is 0.940. The molecule has 0 unspecified atom stereocenters. The molecule has 12 heavy (non-hydrogen) atoms. The number of rotatable bonds is 0. The summed E-state index contributed by atoms with van der Waals surface area (Å²) >= 11 is 0. The standard InChI is InChI=1S/C10H12N2/c1-8-6-11-7-12-10-5-3-2-4-9(8)10/h2-6,11-12H,7H2,1H3. The third kappa shape index (κ3) is 1.16. The van der Waals surface area contributed by atoms with Gasteiger partial charge in [-0.2, -0.15) is 0 Å². The van der Waals surface area contributed by atoms with Crippen LogP contribution >= 0.6 is 0 Å². The monoisotopic (exact) mass is 160 g/mol. The first-order valence-electron chi connectivity index (χ1n) is 4.11. The fourth-order valence-corrected chi connectivity index (χ4v) is 1.41. The van der Waals surface area contributed by atoms with E-state index in [1.165, 1.54) is 16.8 Å². The molecule has 1 aliphatic heterocycles. The minimum Gasteiger partial charge on any atom is -0.374 e. The number of fused-ring (bicyclic) bond motifs is 1. The highest BCUT2D eigenvalue weighted by molar-refractivity contribution is 5.75. The molecule has 0 atom stereocenters. The summed E-state index contributed by atoms with van der Waals surface area (Å²) in [5, 5.41) is 6.46. The number of hydrogen-bond donors (Lipinski definition) is 2. The molecule has 2 heteroatoms. The third-order valence-corrected chi connectivity index (χ3v) is 2.05. The maximum atomic E-state index is 3.29. The minimum absolute atomic E-state index is 0.800. The Balaban J connectivity index is 2.51. The minimum atomic E-state index is 0.800. The molecule has 0 aromatic heterocycles. The molecule has 0 bridgehead atoms. The summed E-state index contributed by atoms with van der Waals surface area (Å²) in [6.07, 6.45) is 2.04. The van der Waals surface area contributed by atoms with Crippen LogP contribution in [0.1, 0.15) is 12.5 Å². The quantitative estimate of drug-likeness (QED) is 0.606. The molecule has 1 heterocycles. The van der Waals surface area contributed by atoms with Crippen LogP contribution in [-0.4, -0.2) is 6.67 Å². The van der Waals surface area contributed by atoms with Gasteiger partial charge in [0.2, 0.25) is 0 Å². The molecule has 2 nitrogen and oxygen atoms in total. The molecule has 2 N–H and O–H groups in total. The second-order valence-electron chi connectivity index (χ2n) is 2.93. The van der Waals surface area contributed by atoms with Crippen LogP contribution < -0.4 is 10.6 Å². The van der Waals surface area contributed by atoms with Gasteiger partial charge in [-0.25, -0.2) is 0 Å². The molecule has 0 saturated heterocycles. The van der Waals surface area contributed by atoms with Crippen LogP contribution in [0.5, 0.6) is 0 Å². The predicted molar refractivity (Wildman–Crippen MR) is 51.7 cm³/mol. The molecular formula is C10H12N2. The average molecular weight is 160 g/mol. The van der Waals surface area contributed by atoms with Crippen LogP contribution in [0.15, 0.2) is 30.5 Å². The molecule has 0 fully saturated rings. The highest BCUT2D eigenvalue weighted by Crippen LogP contribution is 2.23. The molecule has 1 aliphatic rings. The smallest absolute Gasteiger partial charge is 0.0845 e. The van der Waals surface area contributed by atoms with Crippen molar-refractivity contribution in [3.05, 3.63) is 36.0 Å². The average Bonchev–Trinajstić information content (AvgIpc) is 2.29. The molecule has 62 valence electrons. The zero-order chi connectivity index (χ0) is 8.39. The summed E-state index contributed by atoms with van der Waals surface area (Å²) in [7, 11) is 0. The number of benzene rings is 1. The van der Waals surface area contributed by atoms with Crippen LogP contribution in [0.2, 0.25) is 0 Å². The number of nitrogens with one attached hydrogen (secondary N) is 2. The maximum absolute atomic E-state index is 3.29. The summed E-state index contributed by atoms with van der Waals surface area (Å²) in [4.78, 5) is 0. The van der Waals surface area contributed by atoms with Gasteiger partial charge in [0, 0.05) is 17.5 Å². The Labute approximate surface area is 72.3 Å². The van der Waals surface area contributed by atoms with Crippen LogP contribution in [-0.2, 0) is 0 Å². The fraction of sp³-hybridized carbons (Fsp3) is 0.200. The SMILES string of the molecule is CC1=CNCNc2ccccc21. The van der Waals surface area contributed by atoms with Crippen LogP contribution in [0.4, 0.5) is 5.69 Å². The fourth-order valence-electron chi connectivity index (χ4n) is 1.41. The van der Waals surface area contributed by atoms with E-state index in [0.717, 1.165) is 6.67 Å². The molecule has 1 aromatic carbocycles. The van der Waals surface area contributed by atoms with Crippen molar-refractivity contribution in [2.75, 3.05) is 12.0 Å². The lowest BCUT2D eigenvalue weighted by Crippen LogP contribution is -2.14. The Hall–Kier alpha value is -1.44. The summed E-state index contributed by atoms with van der Waals surface area (Å²) in [5.41, 5.74) is 3.76. The summed E-state index contributed by atoms with van der Waals surface area (Å²) in [6, 6.07) is 8.33. The Kier molecular flexibility index (Phi) is 1.74. The van der Waals surface area contributed by atoms with Crippen molar-refractivity contribution >= 4 is 11.3 Å². The van der Waals surface area contributed by atoms with Crippen molar-refractivity contribution < 1.29 is 0 Å². The second-order valence-corrected chi connectivity index (χ2v) is 2.93. The molecular weight excluding hydrogens is 148 g/mol. The number of anilines is 1. The van der Waals surface area contributed by atoms with Gasteiger partial charge in [-0.1, -0.05) is 18.2 Å². The van der Waals surface area contributed by atoms with E-state index in [-0.39, 0.29) is 0 Å². The highest BCUT2D eigenvalue weighted by atomic mass is 15.1. The van der Waals surface area contributed by atoms with Crippen molar-refractivity contribution in [2.45, 2.75) is 6.92 Å². The number of hydrogen-bond acceptors (Lipinski definition) is 2. The second kappa shape index (κ2) is 2.89. The van der Waals surface area contributed by atoms with Crippen molar-refractivity contribution in [1.82, 2.24) is 5.32 Å². The van der Waals surface area contributed by atoms with Gasteiger partial charge in [0.05, 0.1) is 6.67 Å². The Morgan fingerprint density at radius 1 is 1.25 bits per heavy atom. The summed E-state index contributed by atoms with van der Waals surface area (Å²) in [5.74, 6) is 0. The molecule has 0 radical (unpaired) electrons. The largest absolute Gasteiger partial charge is 0.374 e. The number of allylic oxidation sites excluding steroid dienone is 1. The third-order valence-electron chi connectivity index (χ3n) is 2.05. The van der Waals surface area contributed by atoms with Gasteiger partial charge in [-0.15, -0.1) is 0 Å². The van der Waals surface area contributed by atoms with Crippen molar-refractivity contribution in [2.24, 2.45) is 0 Å². The molecule has 0 amide bonds. The van der Waals surface area contributed by atoms with E-state index in [9.17, 15) is 0 Å². The maximum Gasteiger partial charge on any atom is 0.0845 e. The zero-order valence-corrected chi connectivity index (χ0v) is 7.09. The molecule has 0 saturated carbocycles. The van der Waals surface area contributed by atoms with Gasteiger partial charge in [-0.05, 0) is 18.6 Å². The van der Waals surface area contributed by atoms with E-state index in [1.807, 2.05) is 12.3 Å². The lowest BCUT2D eigenvalue weighted by atomic mass is 10.1. The van der Waals surface area contributed by atoms with Crippen LogP contribution in [0, 0.1) is 0 Å². The molecule has 2 rings (SSSR count). The van der Waals surface area contributed by atoms with Crippen LogP contribution in [0.25, 0.3) is 5.57 Å². The van der Waals surface area contributed by atoms with Gasteiger partial charge < -0.3 is 10.6 Å². The molecule has 0 aliphatic carbocycles.